The van der Waals surface area contributed by atoms with Crippen LogP contribution in [0.15, 0.2) is 12.2 Å². The van der Waals surface area contributed by atoms with Crippen LogP contribution in [0.4, 0.5) is 0 Å². The van der Waals surface area contributed by atoms with Crippen LogP contribution in [0.1, 0.15) is 34.6 Å². The molecule has 0 fully saturated rings. The van der Waals surface area contributed by atoms with Gasteiger partial charge in [0.25, 0.3) is 0 Å². The average Bonchev–Trinajstić information content (AvgIpc) is 2.10. The third-order valence-corrected chi connectivity index (χ3v) is 2.30. The summed E-state index contributed by atoms with van der Waals surface area (Å²) < 4.78 is 5.76. The van der Waals surface area contributed by atoms with Gasteiger partial charge in [-0.15, -0.1) is 0 Å². The van der Waals surface area contributed by atoms with Crippen LogP contribution in [0.5, 0.6) is 0 Å². The van der Waals surface area contributed by atoms with Gasteiger partial charge in [-0.1, -0.05) is 32.9 Å². The zero-order valence-corrected chi connectivity index (χ0v) is 10.3. The molecular formula is C12H25NO. The maximum Gasteiger partial charge on any atom is 0.0788 e. The van der Waals surface area contributed by atoms with E-state index in [-0.39, 0.29) is 12.1 Å². The minimum atomic E-state index is 0.234. The molecule has 14 heavy (non-hydrogen) atoms. The molecule has 0 heterocycles. The number of nitrogens with one attached hydrogen (secondary N) is 1. The molecule has 2 unspecified atom stereocenters. The summed E-state index contributed by atoms with van der Waals surface area (Å²) in [4.78, 5) is 0. The fraction of sp³-hybridized carbons (Fsp3) is 0.833. The van der Waals surface area contributed by atoms with Gasteiger partial charge in [0.2, 0.25) is 0 Å². The maximum absolute atomic E-state index is 5.76. The third-order valence-electron chi connectivity index (χ3n) is 2.30. The second-order valence-electron chi connectivity index (χ2n) is 4.05. The number of ether oxygens (including phenoxy) is 1. The van der Waals surface area contributed by atoms with Crippen molar-refractivity contribution in [2.45, 2.75) is 46.8 Å². The molecule has 0 saturated heterocycles. The van der Waals surface area contributed by atoms with E-state index in [2.05, 4.69) is 39.6 Å². The van der Waals surface area contributed by atoms with Crippen LogP contribution >= 0.6 is 0 Å². The second kappa shape index (κ2) is 7.02. The van der Waals surface area contributed by atoms with Gasteiger partial charge in [-0.05, 0) is 26.3 Å². The molecule has 1 N–H and O–H groups in total. The minimum absolute atomic E-state index is 0.234. The van der Waals surface area contributed by atoms with E-state index in [9.17, 15) is 0 Å². The SMILES string of the molecule is C=C(C)C(NCC)C(OCC)C(C)C. The minimum Gasteiger partial charge on any atom is -0.376 e. The highest BCUT2D eigenvalue weighted by atomic mass is 16.5. The van der Waals surface area contributed by atoms with Crippen molar-refractivity contribution in [3.05, 3.63) is 12.2 Å². The van der Waals surface area contributed by atoms with Gasteiger partial charge >= 0.3 is 0 Å². The number of rotatable bonds is 7. The lowest BCUT2D eigenvalue weighted by Gasteiger charge is -2.31. The summed E-state index contributed by atoms with van der Waals surface area (Å²) >= 11 is 0. The molecule has 0 aliphatic carbocycles. The lowest BCUT2D eigenvalue weighted by atomic mass is 9.95. The van der Waals surface area contributed by atoms with Crippen molar-refractivity contribution < 1.29 is 4.74 Å². The van der Waals surface area contributed by atoms with Crippen molar-refractivity contribution in [1.82, 2.24) is 5.32 Å². The molecule has 0 aromatic carbocycles. The molecule has 0 spiro atoms. The Morgan fingerprint density at radius 3 is 2.21 bits per heavy atom. The molecule has 0 aliphatic heterocycles. The highest BCUT2D eigenvalue weighted by Gasteiger charge is 2.24. The Hall–Kier alpha value is -0.340. The summed E-state index contributed by atoms with van der Waals surface area (Å²) in [5.41, 5.74) is 1.15. The van der Waals surface area contributed by atoms with Crippen LogP contribution in [0, 0.1) is 5.92 Å². The Labute approximate surface area is 88.7 Å². The lowest BCUT2D eigenvalue weighted by molar-refractivity contribution is 0.0124. The highest BCUT2D eigenvalue weighted by Crippen LogP contribution is 2.16. The lowest BCUT2D eigenvalue weighted by Crippen LogP contribution is -2.44. The molecule has 0 amide bonds. The Balaban J connectivity index is 4.46. The zero-order valence-electron chi connectivity index (χ0n) is 10.3. The molecule has 0 aromatic rings. The Morgan fingerprint density at radius 1 is 1.36 bits per heavy atom. The molecule has 2 atom stereocenters. The number of likely N-dealkylation sites (N-methyl/N-ethyl adjacent to an activating group) is 1. The Bertz CT molecular complexity index is 166. The van der Waals surface area contributed by atoms with Gasteiger partial charge in [0.15, 0.2) is 0 Å². The first-order valence-corrected chi connectivity index (χ1v) is 5.54. The molecule has 84 valence electrons. The van der Waals surface area contributed by atoms with E-state index in [1.165, 1.54) is 0 Å². The van der Waals surface area contributed by atoms with E-state index in [0.29, 0.717) is 5.92 Å². The molecule has 0 aromatic heterocycles. The fourth-order valence-electron chi connectivity index (χ4n) is 1.66. The van der Waals surface area contributed by atoms with E-state index < -0.39 is 0 Å². The molecule has 0 aliphatic rings. The topological polar surface area (TPSA) is 21.3 Å². The summed E-state index contributed by atoms with van der Waals surface area (Å²) in [5.74, 6) is 0.510. The van der Waals surface area contributed by atoms with E-state index in [0.717, 1.165) is 18.7 Å². The summed E-state index contributed by atoms with van der Waals surface area (Å²) in [6.45, 7) is 16.3. The van der Waals surface area contributed by atoms with Crippen LogP contribution in [0.2, 0.25) is 0 Å². The molecule has 0 saturated carbocycles. The molecule has 2 heteroatoms. The van der Waals surface area contributed by atoms with E-state index in [1.54, 1.807) is 0 Å². The van der Waals surface area contributed by atoms with Gasteiger partial charge in [0.1, 0.15) is 0 Å². The fourth-order valence-corrected chi connectivity index (χ4v) is 1.66. The van der Waals surface area contributed by atoms with Crippen LogP contribution in [-0.2, 0) is 4.74 Å². The van der Waals surface area contributed by atoms with E-state index in [4.69, 9.17) is 4.74 Å². The van der Waals surface area contributed by atoms with Crippen LogP contribution in [0.3, 0.4) is 0 Å². The standard InChI is InChI=1S/C12H25NO/c1-7-13-11(9(3)4)12(10(5)6)14-8-2/h10-13H,3,7-8H2,1-2,4-6H3. The van der Waals surface area contributed by atoms with Crippen molar-refractivity contribution >= 4 is 0 Å². The van der Waals surface area contributed by atoms with Crippen LogP contribution in [0.25, 0.3) is 0 Å². The van der Waals surface area contributed by atoms with Crippen molar-refractivity contribution in [2.24, 2.45) is 5.92 Å². The van der Waals surface area contributed by atoms with Gasteiger partial charge in [0.05, 0.1) is 12.1 Å². The van der Waals surface area contributed by atoms with Gasteiger partial charge in [-0.3, -0.25) is 0 Å². The summed E-state index contributed by atoms with van der Waals surface area (Å²) in [6, 6.07) is 0.278. The molecule has 0 radical (unpaired) electrons. The molecular weight excluding hydrogens is 174 g/mol. The van der Waals surface area contributed by atoms with Crippen LogP contribution < -0.4 is 5.32 Å². The average molecular weight is 199 g/mol. The summed E-state index contributed by atoms with van der Waals surface area (Å²) in [6.07, 6.45) is 0.234. The number of hydrogen-bond donors (Lipinski definition) is 1. The van der Waals surface area contributed by atoms with E-state index in [1.807, 2.05) is 6.92 Å². The van der Waals surface area contributed by atoms with Crippen molar-refractivity contribution in [3.63, 3.8) is 0 Å². The summed E-state index contributed by atoms with van der Waals surface area (Å²) in [5, 5.41) is 3.42. The predicted octanol–water partition coefficient (Wildman–Crippen LogP) is 2.60. The van der Waals surface area contributed by atoms with Crippen molar-refractivity contribution in [2.75, 3.05) is 13.2 Å². The van der Waals surface area contributed by atoms with Gasteiger partial charge in [-0.2, -0.15) is 0 Å². The maximum atomic E-state index is 5.76. The second-order valence-corrected chi connectivity index (χ2v) is 4.05. The predicted molar refractivity (Wildman–Crippen MR) is 62.5 cm³/mol. The van der Waals surface area contributed by atoms with Crippen LogP contribution in [-0.4, -0.2) is 25.3 Å². The molecule has 2 nitrogen and oxygen atoms in total. The monoisotopic (exact) mass is 199 g/mol. The Kier molecular flexibility index (Phi) is 6.85. The molecule has 0 rings (SSSR count). The van der Waals surface area contributed by atoms with Gasteiger partial charge in [0, 0.05) is 6.61 Å². The normalized spacial score (nSPS) is 15.6. The number of hydrogen-bond acceptors (Lipinski definition) is 2. The first-order chi connectivity index (χ1) is 6.54. The summed E-state index contributed by atoms with van der Waals surface area (Å²) in [7, 11) is 0. The quantitative estimate of drug-likeness (QED) is 0.636. The molecule has 0 bridgehead atoms. The van der Waals surface area contributed by atoms with Gasteiger partial charge in [-0.25, -0.2) is 0 Å². The zero-order chi connectivity index (χ0) is 11.1. The van der Waals surface area contributed by atoms with Crippen molar-refractivity contribution in [1.29, 1.82) is 0 Å². The van der Waals surface area contributed by atoms with Gasteiger partial charge < -0.3 is 10.1 Å². The third kappa shape index (κ3) is 4.25. The van der Waals surface area contributed by atoms with Crippen molar-refractivity contribution in [3.8, 4) is 0 Å². The largest absolute Gasteiger partial charge is 0.376 e. The highest BCUT2D eigenvalue weighted by molar-refractivity contribution is 5.06. The first kappa shape index (κ1) is 13.7. The Morgan fingerprint density at radius 2 is 1.93 bits per heavy atom. The first-order valence-electron chi connectivity index (χ1n) is 5.54. The smallest absolute Gasteiger partial charge is 0.0788 e. The van der Waals surface area contributed by atoms with E-state index >= 15 is 0 Å².